The molecule has 0 fully saturated rings. The average Bonchev–Trinajstić information content (AvgIpc) is 3.03. The van der Waals surface area contributed by atoms with E-state index in [4.69, 9.17) is 0 Å². The van der Waals surface area contributed by atoms with Gasteiger partial charge in [0.15, 0.2) is 0 Å². The third-order valence-corrected chi connectivity index (χ3v) is 8.05. The first-order valence-electron chi connectivity index (χ1n) is 16.5. The standard InChI is InChI=1S/C13H20.C11H16O2.C6H8O.C5H8O.C4H9O.C2H6.K/c1-5-8-12-10-7-9-11(3)13(12,4)6-2;1-9-4-3-5-10(6-7-12)11(9,2)8-13;1-2-3-4-5-6-7;1-3-5(2)4-6;1-4(2,3)5;1-2;/h5-7,10-12H,1-2,8-9H2,3-4H3;3,5,7-10H,4,6H2,1-2H3;2-4,6H,1,5H2;3-4H,1-2H3;1-3H3;1-2H3;/q;;;;-1;;+1/b;;4-3+;5-3+;;;/t11-,12-,13+;9-,10+,11+;;;;;/m11...../s1. The summed E-state index contributed by atoms with van der Waals surface area (Å²) >= 11 is 0. The SMILES string of the molecule is C/C=C(\C)C=O.C=C/C=C/CC=O.C=CC[C@@H]1C=CC[C@@H](C)[C@]1(C)C=C.CC.CC(C)(C)[O-].C[C@@H]1CC=C[C@@H](CC=O)[C@@]1(C)C=O.[K+]. The van der Waals surface area contributed by atoms with Gasteiger partial charge in [-0.3, -0.25) is 4.79 Å². The van der Waals surface area contributed by atoms with E-state index in [2.05, 4.69) is 64.8 Å². The molecule has 0 bridgehead atoms. The third-order valence-electron chi connectivity index (χ3n) is 8.05. The van der Waals surface area contributed by atoms with Crippen LogP contribution in [-0.4, -0.2) is 30.7 Å². The summed E-state index contributed by atoms with van der Waals surface area (Å²) in [6, 6.07) is 0. The van der Waals surface area contributed by atoms with Crippen molar-refractivity contribution in [1.29, 1.82) is 0 Å². The minimum Gasteiger partial charge on any atom is -0.850 e. The van der Waals surface area contributed by atoms with Crippen molar-refractivity contribution in [1.82, 2.24) is 0 Å². The van der Waals surface area contributed by atoms with E-state index < -0.39 is 5.60 Å². The summed E-state index contributed by atoms with van der Waals surface area (Å²) in [5.74, 6) is 1.71. The molecule has 2 rings (SSSR count). The monoisotopic (exact) mass is 678 g/mol. The molecule has 0 saturated carbocycles. The van der Waals surface area contributed by atoms with Gasteiger partial charge in [0.2, 0.25) is 0 Å². The molecule has 0 amide bonds. The van der Waals surface area contributed by atoms with Crippen molar-refractivity contribution < 1.29 is 75.7 Å². The van der Waals surface area contributed by atoms with Crippen LogP contribution in [0.25, 0.3) is 0 Å². The van der Waals surface area contributed by atoms with Crippen molar-refractivity contribution in [2.24, 2.45) is 34.5 Å². The molecular formula is C41H67KO5. The fourth-order valence-corrected chi connectivity index (χ4v) is 4.35. The van der Waals surface area contributed by atoms with Gasteiger partial charge in [0.25, 0.3) is 0 Å². The number of aldehydes is 4. The molecule has 0 saturated heterocycles. The van der Waals surface area contributed by atoms with E-state index in [1.165, 1.54) is 6.42 Å². The fourth-order valence-electron chi connectivity index (χ4n) is 4.35. The quantitative estimate of drug-likeness (QED) is 0.0854. The Morgan fingerprint density at radius 1 is 0.872 bits per heavy atom. The van der Waals surface area contributed by atoms with Crippen LogP contribution >= 0.6 is 0 Å². The number of carbonyl (C=O) groups is 4. The zero-order valence-corrected chi connectivity index (χ0v) is 35.2. The molecule has 0 aromatic heterocycles. The van der Waals surface area contributed by atoms with Crippen molar-refractivity contribution in [2.45, 2.75) is 114 Å². The van der Waals surface area contributed by atoms with Crippen LogP contribution in [0, 0.1) is 34.5 Å². The first-order chi connectivity index (χ1) is 21.5. The molecular weight excluding hydrogens is 612 g/mol. The summed E-state index contributed by atoms with van der Waals surface area (Å²) in [7, 11) is 0. The smallest absolute Gasteiger partial charge is 0.850 e. The van der Waals surface area contributed by atoms with Gasteiger partial charge in [0.1, 0.15) is 25.1 Å². The van der Waals surface area contributed by atoms with Gasteiger partial charge in [-0.25, -0.2) is 0 Å². The molecule has 0 unspecified atom stereocenters. The maximum atomic E-state index is 11.0. The Bertz CT molecular complexity index is 928. The Balaban J connectivity index is -0.000000162. The maximum Gasteiger partial charge on any atom is 1.00 e. The topological polar surface area (TPSA) is 91.3 Å². The Morgan fingerprint density at radius 3 is 1.62 bits per heavy atom. The molecule has 2 aliphatic carbocycles. The summed E-state index contributed by atoms with van der Waals surface area (Å²) in [5, 5.41) is 10.1. The van der Waals surface area contributed by atoms with Crippen LogP contribution in [0.5, 0.6) is 0 Å². The minimum atomic E-state index is -0.750. The van der Waals surface area contributed by atoms with E-state index in [0.717, 1.165) is 43.6 Å². The van der Waals surface area contributed by atoms with Crippen molar-refractivity contribution in [3.8, 4) is 0 Å². The van der Waals surface area contributed by atoms with E-state index in [1.807, 2.05) is 39.8 Å². The molecule has 0 spiro atoms. The maximum absolute atomic E-state index is 11.0. The average molecular weight is 679 g/mol. The Kier molecular flexibility index (Phi) is 38.5. The van der Waals surface area contributed by atoms with Gasteiger partial charge in [-0.15, -0.1) is 18.8 Å². The number of hydrogen-bond acceptors (Lipinski definition) is 5. The molecule has 47 heavy (non-hydrogen) atoms. The van der Waals surface area contributed by atoms with E-state index >= 15 is 0 Å². The molecule has 2 aliphatic rings. The summed E-state index contributed by atoms with van der Waals surface area (Å²) in [6.45, 7) is 32.3. The van der Waals surface area contributed by atoms with Crippen molar-refractivity contribution in [3.05, 3.63) is 86.1 Å². The van der Waals surface area contributed by atoms with Crippen LogP contribution in [0.15, 0.2) is 86.1 Å². The minimum absolute atomic E-state index is 0. The molecule has 262 valence electrons. The van der Waals surface area contributed by atoms with Crippen LogP contribution in [0.4, 0.5) is 0 Å². The van der Waals surface area contributed by atoms with Gasteiger partial charge in [0.05, 0.1) is 0 Å². The molecule has 0 aliphatic heterocycles. The molecule has 6 heteroatoms. The van der Waals surface area contributed by atoms with Crippen LogP contribution in [0.1, 0.15) is 108 Å². The van der Waals surface area contributed by atoms with Crippen molar-refractivity contribution in [3.63, 3.8) is 0 Å². The second-order valence-electron chi connectivity index (χ2n) is 12.7. The third kappa shape index (κ3) is 27.0. The van der Waals surface area contributed by atoms with Gasteiger partial charge in [0, 0.05) is 18.3 Å². The number of hydrogen-bond donors (Lipinski definition) is 0. The van der Waals surface area contributed by atoms with E-state index in [9.17, 15) is 24.3 Å². The van der Waals surface area contributed by atoms with Gasteiger partial charge >= 0.3 is 51.4 Å². The van der Waals surface area contributed by atoms with Gasteiger partial charge < -0.3 is 19.5 Å². The van der Waals surface area contributed by atoms with Crippen LogP contribution < -0.4 is 56.5 Å². The van der Waals surface area contributed by atoms with Crippen molar-refractivity contribution >= 4 is 25.1 Å². The molecule has 0 radical (unpaired) electrons. The van der Waals surface area contributed by atoms with Gasteiger partial charge in [-0.05, 0) is 67.8 Å². The molecule has 0 aromatic carbocycles. The number of carbonyl (C=O) groups excluding carboxylic acids is 4. The van der Waals surface area contributed by atoms with E-state index in [-0.39, 0.29) is 68.1 Å². The number of allylic oxidation sites excluding steroid dienone is 11. The van der Waals surface area contributed by atoms with Gasteiger partial charge in [-0.1, -0.05) is 130 Å². The molecule has 0 heterocycles. The molecule has 6 atom stereocenters. The van der Waals surface area contributed by atoms with Crippen molar-refractivity contribution in [2.75, 3.05) is 0 Å². The number of rotatable bonds is 10. The first-order valence-corrected chi connectivity index (χ1v) is 16.5. The molecule has 0 N–H and O–H groups in total. The molecule has 5 nitrogen and oxygen atoms in total. The molecule has 0 aromatic rings. The normalized spacial score (nSPS) is 25.6. The van der Waals surface area contributed by atoms with Gasteiger partial charge in [-0.2, -0.15) is 0 Å². The summed E-state index contributed by atoms with van der Waals surface area (Å²) in [4.78, 5) is 40.7. The second kappa shape index (κ2) is 33.0. The fraction of sp³-hybridized carbons (Fsp3) is 0.561. The summed E-state index contributed by atoms with van der Waals surface area (Å²) < 4.78 is 0. The Labute approximate surface area is 332 Å². The second-order valence-corrected chi connectivity index (χ2v) is 12.7. The predicted molar refractivity (Wildman–Crippen MR) is 197 cm³/mol. The predicted octanol–water partition coefficient (Wildman–Crippen LogP) is 6.60. The Hall–Kier alpha value is -1.54. The zero-order valence-electron chi connectivity index (χ0n) is 32.1. The largest absolute Gasteiger partial charge is 1.00 e. The van der Waals surface area contributed by atoms with Crippen LogP contribution in [-0.2, 0) is 19.2 Å². The summed E-state index contributed by atoms with van der Waals surface area (Å²) in [5.41, 5.74) is -0.0616. The zero-order chi connectivity index (χ0) is 36.8. The summed E-state index contributed by atoms with van der Waals surface area (Å²) in [6.07, 6.45) is 27.4. The Morgan fingerprint density at radius 2 is 1.32 bits per heavy atom. The van der Waals surface area contributed by atoms with Crippen LogP contribution in [0.3, 0.4) is 0 Å². The van der Waals surface area contributed by atoms with Crippen LogP contribution in [0.2, 0.25) is 0 Å². The van der Waals surface area contributed by atoms with E-state index in [1.54, 1.807) is 52.0 Å². The van der Waals surface area contributed by atoms with E-state index in [0.29, 0.717) is 30.6 Å². The first kappa shape index (κ1) is 54.9.